The minimum atomic E-state index is -3.63. The number of morpholine rings is 1. The van der Waals surface area contributed by atoms with Gasteiger partial charge in [0.2, 0.25) is 0 Å². The Kier molecular flexibility index (Phi) is 7.67. The third kappa shape index (κ3) is 5.94. The summed E-state index contributed by atoms with van der Waals surface area (Å²) in [6, 6.07) is 14.8. The summed E-state index contributed by atoms with van der Waals surface area (Å²) < 4.78 is 37.4. The van der Waals surface area contributed by atoms with Gasteiger partial charge in [-0.2, -0.15) is 0 Å². The fraction of sp³-hybridized carbons (Fsp3) is 0.381. The second-order valence-corrected chi connectivity index (χ2v) is 8.84. The van der Waals surface area contributed by atoms with Crippen LogP contribution in [-0.4, -0.2) is 72.3 Å². The number of nitrogens with one attached hydrogen (secondary N) is 1. The molecule has 1 aliphatic rings. The Morgan fingerprint density at radius 1 is 1.10 bits per heavy atom. The molecule has 1 aliphatic heterocycles. The molecule has 0 atom stereocenters. The lowest BCUT2D eigenvalue weighted by Gasteiger charge is -2.26. The van der Waals surface area contributed by atoms with Crippen LogP contribution in [0.15, 0.2) is 59.5 Å². The summed E-state index contributed by atoms with van der Waals surface area (Å²) in [5.74, 6) is 0.295. The molecule has 8 nitrogen and oxygen atoms in total. The van der Waals surface area contributed by atoms with Crippen molar-refractivity contribution in [1.82, 2.24) is 10.2 Å². The van der Waals surface area contributed by atoms with Crippen LogP contribution in [0.5, 0.6) is 5.75 Å². The lowest BCUT2D eigenvalue weighted by Crippen LogP contribution is -2.42. The van der Waals surface area contributed by atoms with Crippen molar-refractivity contribution in [3.8, 4) is 5.75 Å². The molecule has 0 saturated carbocycles. The molecule has 1 amide bonds. The fourth-order valence-corrected chi connectivity index (χ4v) is 4.24. The van der Waals surface area contributed by atoms with Crippen LogP contribution < -0.4 is 14.4 Å². The number of amides is 1. The minimum absolute atomic E-state index is 0.0966. The van der Waals surface area contributed by atoms with Gasteiger partial charge in [0.25, 0.3) is 15.9 Å². The van der Waals surface area contributed by atoms with Gasteiger partial charge in [-0.05, 0) is 36.4 Å². The van der Waals surface area contributed by atoms with Crippen LogP contribution in [0.1, 0.15) is 0 Å². The summed E-state index contributed by atoms with van der Waals surface area (Å²) in [5.41, 5.74) is 0.501. The standard InChI is InChI=1S/C21H27N3O5S/c1-23(30(26,27)20-5-3-2-4-6-20)18-7-9-19(10-8-18)29-17-21(25)22-11-12-24-13-15-28-16-14-24/h2-10H,11-17H2,1H3,(H,22,25). The highest BCUT2D eigenvalue weighted by atomic mass is 32.2. The van der Waals surface area contributed by atoms with Crippen LogP contribution in [0, 0.1) is 0 Å². The molecule has 0 radical (unpaired) electrons. The lowest BCUT2D eigenvalue weighted by molar-refractivity contribution is -0.123. The molecule has 0 spiro atoms. The highest BCUT2D eigenvalue weighted by Gasteiger charge is 2.20. The zero-order chi connectivity index (χ0) is 21.4. The zero-order valence-corrected chi connectivity index (χ0v) is 17.8. The number of hydrogen-bond acceptors (Lipinski definition) is 6. The highest BCUT2D eigenvalue weighted by molar-refractivity contribution is 7.92. The van der Waals surface area contributed by atoms with Gasteiger partial charge in [0.05, 0.1) is 23.8 Å². The molecule has 3 rings (SSSR count). The van der Waals surface area contributed by atoms with Gasteiger partial charge in [-0.25, -0.2) is 8.42 Å². The molecule has 162 valence electrons. The fourth-order valence-electron chi connectivity index (χ4n) is 3.02. The van der Waals surface area contributed by atoms with Crippen LogP contribution >= 0.6 is 0 Å². The van der Waals surface area contributed by atoms with Crippen molar-refractivity contribution in [2.24, 2.45) is 0 Å². The van der Waals surface area contributed by atoms with E-state index >= 15 is 0 Å². The van der Waals surface area contributed by atoms with E-state index in [0.29, 0.717) is 18.0 Å². The summed E-state index contributed by atoms with van der Waals surface area (Å²) >= 11 is 0. The van der Waals surface area contributed by atoms with Crippen molar-refractivity contribution in [1.29, 1.82) is 0 Å². The monoisotopic (exact) mass is 433 g/mol. The Hall–Kier alpha value is -2.62. The second kappa shape index (κ2) is 10.4. The third-order valence-electron chi connectivity index (χ3n) is 4.83. The second-order valence-electron chi connectivity index (χ2n) is 6.87. The summed E-state index contributed by atoms with van der Waals surface area (Å²) in [7, 11) is -2.13. The summed E-state index contributed by atoms with van der Waals surface area (Å²) in [4.78, 5) is 14.4. The number of carbonyl (C=O) groups excluding carboxylic acids is 1. The van der Waals surface area contributed by atoms with Gasteiger partial charge < -0.3 is 14.8 Å². The normalized spacial score (nSPS) is 14.8. The number of anilines is 1. The van der Waals surface area contributed by atoms with E-state index in [1.165, 1.54) is 11.4 Å². The number of nitrogens with zero attached hydrogens (tertiary/aromatic N) is 2. The molecule has 0 aliphatic carbocycles. The van der Waals surface area contributed by atoms with Crippen LogP contribution in [0.2, 0.25) is 0 Å². The van der Waals surface area contributed by atoms with E-state index in [2.05, 4.69) is 10.2 Å². The molecule has 1 fully saturated rings. The van der Waals surface area contributed by atoms with Gasteiger partial charge in [-0.15, -0.1) is 0 Å². The highest BCUT2D eigenvalue weighted by Crippen LogP contribution is 2.24. The van der Waals surface area contributed by atoms with E-state index in [0.717, 1.165) is 32.8 Å². The largest absolute Gasteiger partial charge is 0.484 e. The van der Waals surface area contributed by atoms with Gasteiger partial charge in [-0.1, -0.05) is 18.2 Å². The van der Waals surface area contributed by atoms with Crippen LogP contribution in [0.4, 0.5) is 5.69 Å². The van der Waals surface area contributed by atoms with Crippen molar-refractivity contribution in [2.75, 3.05) is 57.4 Å². The number of sulfonamides is 1. The van der Waals surface area contributed by atoms with Gasteiger partial charge in [0.1, 0.15) is 5.75 Å². The van der Waals surface area contributed by atoms with Crippen LogP contribution in [0.25, 0.3) is 0 Å². The van der Waals surface area contributed by atoms with E-state index in [1.54, 1.807) is 54.6 Å². The molecule has 0 unspecified atom stereocenters. The van der Waals surface area contributed by atoms with Crippen LogP contribution in [-0.2, 0) is 19.6 Å². The minimum Gasteiger partial charge on any atom is -0.484 e. The molecule has 9 heteroatoms. The quantitative estimate of drug-likeness (QED) is 0.642. The van der Waals surface area contributed by atoms with E-state index < -0.39 is 10.0 Å². The predicted octanol–water partition coefficient (Wildman–Crippen LogP) is 1.34. The molecule has 2 aromatic rings. The average molecular weight is 434 g/mol. The summed E-state index contributed by atoms with van der Waals surface area (Å²) in [6.45, 7) is 4.47. The zero-order valence-electron chi connectivity index (χ0n) is 17.0. The molecule has 1 N–H and O–H groups in total. The van der Waals surface area contributed by atoms with E-state index in [9.17, 15) is 13.2 Å². The number of carbonyl (C=O) groups is 1. The maximum atomic E-state index is 12.7. The third-order valence-corrected chi connectivity index (χ3v) is 6.63. The number of hydrogen-bond donors (Lipinski definition) is 1. The van der Waals surface area contributed by atoms with Crippen molar-refractivity contribution in [3.05, 3.63) is 54.6 Å². The number of ether oxygens (including phenoxy) is 2. The van der Waals surface area contributed by atoms with E-state index in [1.807, 2.05) is 0 Å². The molecule has 1 saturated heterocycles. The molecular formula is C21H27N3O5S. The summed E-state index contributed by atoms with van der Waals surface area (Å²) in [5, 5.41) is 2.83. The number of benzene rings is 2. The van der Waals surface area contributed by atoms with Crippen molar-refractivity contribution in [2.45, 2.75) is 4.90 Å². The predicted molar refractivity (Wildman–Crippen MR) is 114 cm³/mol. The van der Waals surface area contributed by atoms with Gasteiger partial charge >= 0.3 is 0 Å². The van der Waals surface area contributed by atoms with E-state index in [-0.39, 0.29) is 17.4 Å². The maximum absolute atomic E-state index is 12.7. The Morgan fingerprint density at radius 3 is 2.43 bits per heavy atom. The maximum Gasteiger partial charge on any atom is 0.264 e. The molecule has 2 aromatic carbocycles. The van der Waals surface area contributed by atoms with Crippen molar-refractivity contribution < 1.29 is 22.7 Å². The lowest BCUT2D eigenvalue weighted by atomic mass is 10.3. The Labute approximate surface area is 177 Å². The van der Waals surface area contributed by atoms with Gasteiger partial charge in [0, 0.05) is 33.2 Å². The molecule has 30 heavy (non-hydrogen) atoms. The number of rotatable bonds is 9. The Balaban J connectivity index is 1.46. The van der Waals surface area contributed by atoms with Crippen molar-refractivity contribution in [3.63, 3.8) is 0 Å². The molecule has 1 heterocycles. The van der Waals surface area contributed by atoms with E-state index in [4.69, 9.17) is 9.47 Å². The van der Waals surface area contributed by atoms with Crippen molar-refractivity contribution >= 4 is 21.6 Å². The summed E-state index contributed by atoms with van der Waals surface area (Å²) in [6.07, 6.45) is 0. The first-order valence-corrected chi connectivity index (χ1v) is 11.2. The first-order valence-electron chi connectivity index (χ1n) is 9.80. The molecular weight excluding hydrogens is 406 g/mol. The smallest absolute Gasteiger partial charge is 0.264 e. The van der Waals surface area contributed by atoms with Crippen LogP contribution in [0.3, 0.4) is 0 Å². The topological polar surface area (TPSA) is 88.2 Å². The Morgan fingerprint density at radius 2 is 1.77 bits per heavy atom. The van der Waals surface area contributed by atoms with Gasteiger partial charge in [0.15, 0.2) is 6.61 Å². The SMILES string of the molecule is CN(c1ccc(OCC(=O)NCCN2CCOCC2)cc1)S(=O)(=O)c1ccccc1. The van der Waals surface area contributed by atoms with Gasteiger partial charge in [-0.3, -0.25) is 14.0 Å². The molecule has 0 bridgehead atoms. The molecule has 0 aromatic heterocycles. The first-order chi connectivity index (χ1) is 14.5. The first kappa shape index (κ1) is 22.1. The average Bonchev–Trinajstić information content (AvgIpc) is 2.79. The Bertz CT molecular complexity index is 913.